The largest absolute Gasteiger partial charge is 0.487 e. The van der Waals surface area contributed by atoms with E-state index in [1.54, 1.807) is 13.0 Å². The zero-order chi connectivity index (χ0) is 14.3. The summed E-state index contributed by atoms with van der Waals surface area (Å²) in [5.74, 6) is 0.165. The Hall–Kier alpha value is -2.31. The summed E-state index contributed by atoms with van der Waals surface area (Å²) < 4.78 is 5.14. The minimum Gasteiger partial charge on any atom is -0.487 e. The predicted octanol–water partition coefficient (Wildman–Crippen LogP) is 2.73. The van der Waals surface area contributed by atoms with E-state index < -0.39 is 11.0 Å². The number of azide groups is 1. The number of ether oxygens (including phenoxy) is 1. The Morgan fingerprint density at radius 3 is 2.95 bits per heavy atom. The van der Waals surface area contributed by atoms with Gasteiger partial charge in [-0.3, -0.25) is 10.1 Å². The highest BCUT2D eigenvalue weighted by atomic mass is 16.6. The first-order valence-corrected chi connectivity index (χ1v) is 5.70. The van der Waals surface area contributed by atoms with E-state index in [0.717, 1.165) is 0 Å². The van der Waals surface area contributed by atoms with Crippen LogP contribution in [0.15, 0.2) is 23.3 Å². The smallest absolute Gasteiger partial charge is 0.311 e. The molecule has 0 aromatic heterocycles. The molecule has 1 aromatic rings. The number of nitrogens with zero attached hydrogens (tertiary/aromatic N) is 4. The van der Waals surface area contributed by atoms with Gasteiger partial charge < -0.3 is 9.84 Å². The molecule has 1 N–H and O–H groups in total. The van der Waals surface area contributed by atoms with Crippen LogP contribution >= 0.6 is 0 Å². The van der Waals surface area contributed by atoms with Crippen molar-refractivity contribution in [3.05, 3.63) is 44.3 Å². The van der Waals surface area contributed by atoms with E-state index in [4.69, 9.17) is 10.3 Å². The van der Waals surface area contributed by atoms with Crippen molar-refractivity contribution in [2.75, 3.05) is 13.2 Å². The van der Waals surface area contributed by atoms with E-state index >= 15 is 0 Å². The summed E-state index contributed by atoms with van der Waals surface area (Å²) in [6.07, 6.45) is -0.713. The molecule has 102 valence electrons. The molecule has 0 aliphatic heterocycles. The molecule has 1 aromatic carbocycles. The van der Waals surface area contributed by atoms with E-state index in [-0.39, 0.29) is 24.4 Å². The summed E-state index contributed by atoms with van der Waals surface area (Å²) in [4.78, 5) is 12.9. The highest BCUT2D eigenvalue weighted by Crippen LogP contribution is 2.31. The molecule has 0 fully saturated rings. The van der Waals surface area contributed by atoms with Gasteiger partial charge in [-0.2, -0.15) is 0 Å². The van der Waals surface area contributed by atoms with Crippen molar-refractivity contribution >= 4 is 5.69 Å². The molecule has 1 unspecified atom stereocenters. The number of aliphatic hydroxyl groups is 1. The first kappa shape index (κ1) is 14.7. The Morgan fingerprint density at radius 1 is 1.63 bits per heavy atom. The molecule has 0 aliphatic carbocycles. The lowest BCUT2D eigenvalue weighted by molar-refractivity contribution is -0.386. The van der Waals surface area contributed by atoms with Gasteiger partial charge in [-0.25, -0.2) is 0 Å². The van der Waals surface area contributed by atoms with Gasteiger partial charge >= 0.3 is 5.69 Å². The fourth-order valence-corrected chi connectivity index (χ4v) is 1.55. The lowest BCUT2D eigenvalue weighted by atomic mass is 10.1. The number of nitro groups is 1. The van der Waals surface area contributed by atoms with Crippen LogP contribution < -0.4 is 4.74 Å². The Bertz CT molecular complexity index is 499. The third-order valence-corrected chi connectivity index (χ3v) is 2.43. The van der Waals surface area contributed by atoms with Crippen molar-refractivity contribution in [2.45, 2.75) is 19.4 Å². The van der Waals surface area contributed by atoms with Crippen LogP contribution in [-0.2, 0) is 0 Å². The average Bonchev–Trinajstić information content (AvgIpc) is 2.39. The summed E-state index contributed by atoms with van der Waals surface area (Å²) in [6.45, 7) is 2.17. The maximum atomic E-state index is 10.9. The van der Waals surface area contributed by atoms with Gasteiger partial charge in [0.15, 0.2) is 5.75 Å². The van der Waals surface area contributed by atoms with Crippen molar-refractivity contribution in [2.24, 2.45) is 5.11 Å². The molecule has 0 bridgehead atoms. The molecule has 0 spiro atoms. The zero-order valence-corrected chi connectivity index (χ0v) is 10.4. The number of hydrogen-bond donors (Lipinski definition) is 1. The second-order valence-corrected chi connectivity index (χ2v) is 3.68. The maximum absolute atomic E-state index is 10.9. The standard InChI is InChI=1S/C11H14N4O4/c1-2-19-11-4-3-8(7-9(11)15(17)18)10(16)5-6-13-14-12/h3-4,7,10,16H,2,5-6H2,1H3. The fourth-order valence-electron chi connectivity index (χ4n) is 1.55. The molecule has 0 saturated carbocycles. The molecule has 19 heavy (non-hydrogen) atoms. The second kappa shape index (κ2) is 7.20. The van der Waals surface area contributed by atoms with Crippen LogP contribution in [0.5, 0.6) is 5.75 Å². The van der Waals surface area contributed by atoms with Gasteiger partial charge in [0, 0.05) is 17.5 Å². The predicted molar refractivity (Wildman–Crippen MR) is 67.9 cm³/mol. The van der Waals surface area contributed by atoms with Crippen LogP contribution in [0.3, 0.4) is 0 Å². The Balaban J connectivity index is 2.94. The summed E-state index contributed by atoms with van der Waals surface area (Å²) in [5.41, 5.74) is 8.33. The number of hydrogen-bond acceptors (Lipinski definition) is 5. The average molecular weight is 266 g/mol. The highest BCUT2D eigenvalue weighted by molar-refractivity contribution is 5.49. The third-order valence-electron chi connectivity index (χ3n) is 2.43. The van der Waals surface area contributed by atoms with Crippen molar-refractivity contribution < 1.29 is 14.8 Å². The van der Waals surface area contributed by atoms with Crippen molar-refractivity contribution in [3.63, 3.8) is 0 Å². The summed E-state index contributed by atoms with van der Waals surface area (Å²) in [7, 11) is 0. The monoisotopic (exact) mass is 266 g/mol. The Kier molecular flexibility index (Phi) is 5.59. The molecular weight excluding hydrogens is 252 g/mol. The number of aliphatic hydroxyl groups excluding tert-OH is 1. The van der Waals surface area contributed by atoms with Gasteiger partial charge in [-0.05, 0) is 30.5 Å². The van der Waals surface area contributed by atoms with Gasteiger partial charge in [0.25, 0.3) is 0 Å². The van der Waals surface area contributed by atoms with Gasteiger partial charge in [0.05, 0.1) is 17.6 Å². The molecular formula is C11H14N4O4. The number of benzene rings is 1. The molecule has 0 aliphatic rings. The molecule has 0 saturated heterocycles. The molecule has 1 atom stereocenters. The Labute approximate surface area is 109 Å². The first-order valence-electron chi connectivity index (χ1n) is 5.70. The van der Waals surface area contributed by atoms with E-state index in [0.29, 0.717) is 12.2 Å². The molecule has 1 rings (SSSR count). The van der Waals surface area contributed by atoms with Crippen LogP contribution in [0.25, 0.3) is 10.4 Å². The van der Waals surface area contributed by atoms with Crippen LogP contribution in [0.1, 0.15) is 25.0 Å². The van der Waals surface area contributed by atoms with E-state index in [9.17, 15) is 15.2 Å². The Morgan fingerprint density at radius 2 is 2.37 bits per heavy atom. The SMILES string of the molecule is CCOc1ccc(C(O)CCN=[N+]=[N-])cc1[N+](=O)[O-]. The van der Waals surface area contributed by atoms with Crippen LogP contribution in [-0.4, -0.2) is 23.2 Å². The van der Waals surface area contributed by atoms with Gasteiger partial charge in [-0.15, -0.1) is 0 Å². The highest BCUT2D eigenvalue weighted by Gasteiger charge is 2.18. The minimum atomic E-state index is -0.917. The quantitative estimate of drug-likeness (QED) is 0.268. The zero-order valence-electron chi connectivity index (χ0n) is 10.4. The normalized spacial score (nSPS) is 11.5. The second-order valence-electron chi connectivity index (χ2n) is 3.68. The van der Waals surface area contributed by atoms with Gasteiger partial charge in [0.2, 0.25) is 0 Å². The molecule has 0 amide bonds. The van der Waals surface area contributed by atoms with Crippen LogP contribution in [0.4, 0.5) is 5.69 Å². The molecule has 0 radical (unpaired) electrons. The fraction of sp³-hybridized carbons (Fsp3) is 0.455. The van der Waals surface area contributed by atoms with E-state index in [2.05, 4.69) is 10.0 Å². The van der Waals surface area contributed by atoms with Crippen LogP contribution in [0, 0.1) is 10.1 Å². The summed E-state index contributed by atoms with van der Waals surface area (Å²) >= 11 is 0. The lowest BCUT2D eigenvalue weighted by Gasteiger charge is -2.11. The topological polar surface area (TPSA) is 121 Å². The number of nitro benzene ring substituents is 1. The van der Waals surface area contributed by atoms with Crippen molar-refractivity contribution in [1.29, 1.82) is 0 Å². The molecule has 8 heteroatoms. The van der Waals surface area contributed by atoms with Gasteiger partial charge in [-0.1, -0.05) is 11.2 Å². The van der Waals surface area contributed by atoms with Crippen molar-refractivity contribution in [1.82, 2.24) is 0 Å². The van der Waals surface area contributed by atoms with Crippen LogP contribution in [0.2, 0.25) is 0 Å². The summed E-state index contributed by atoms with van der Waals surface area (Å²) in [5, 5.41) is 24.0. The molecule has 8 nitrogen and oxygen atoms in total. The van der Waals surface area contributed by atoms with Gasteiger partial charge in [0.1, 0.15) is 0 Å². The van der Waals surface area contributed by atoms with Crippen molar-refractivity contribution in [3.8, 4) is 5.75 Å². The van der Waals surface area contributed by atoms with E-state index in [1.165, 1.54) is 12.1 Å². The lowest BCUT2D eigenvalue weighted by Crippen LogP contribution is -2.02. The number of rotatable bonds is 7. The maximum Gasteiger partial charge on any atom is 0.311 e. The summed E-state index contributed by atoms with van der Waals surface area (Å²) in [6, 6.07) is 4.28. The first-order chi connectivity index (χ1) is 9.10. The minimum absolute atomic E-state index is 0.124. The van der Waals surface area contributed by atoms with E-state index in [1.807, 2.05) is 0 Å². The molecule has 0 heterocycles. The third kappa shape index (κ3) is 4.13.